The molecule has 0 N–H and O–H groups in total. The van der Waals surface area contributed by atoms with Crippen molar-refractivity contribution in [1.82, 2.24) is 9.91 Å². The molecule has 2 fully saturated rings. The highest BCUT2D eigenvalue weighted by Gasteiger charge is 2.41. The maximum atomic E-state index is 14.7. The third kappa shape index (κ3) is 4.20. The molecule has 0 bridgehead atoms. The third-order valence-electron chi connectivity index (χ3n) is 6.57. The standard InChI is InChI=1S/C25H28FN3O3/c1-18-5-4-6-19(15-18)22-16-23(20-7-2-3-8-21(20)26)29(27-22)24(30)17-28-11-9-25(10-12-28)31-13-14-32-25/h2-8,15,23H,9-14,16-17H2,1H3. The molecule has 0 saturated carbocycles. The monoisotopic (exact) mass is 437 g/mol. The Kier molecular flexibility index (Phi) is 5.80. The van der Waals surface area contributed by atoms with Gasteiger partial charge in [-0.15, -0.1) is 0 Å². The first-order valence-corrected chi connectivity index (χ1v) is 11.2. The van der Waals surface area contributed by atoms with Gasteiger partial charge in [0.25, 0.3) is 5.91 Å². The van der Waals surface area contributed by atoms with Crippen molar-refractivity contribution in [1.29, 1.82) is 0 Å². The number of benzene rings is 2. The van der Waals surface area contributed by atoms with E-state index in [0.717, 1.165) is 42.8 Å². The number of nitrogens with zero attached hydrogens (tertiary/aromatic N) is 3. The molecule has 1 unspecified atom stereocenters. The molecule has 1 amide bonds. The van der Waals surface area contributed by atoms with Crippen LogP contribution in [0.5, 0.6) is 0 Å². The minimum Gasteiger partial charge on any atom is -0.347 e. The lowest BCUT2D eigenvalue weighted by atomic mass is 9.97. The van der Waals surface area contributed by atoms with E-state index in [4.69, 9.17) is 14.6 Å². The number of piperidine rings is 1. The van der Waals surface area contributed by atoms with E-state index in [1.807, 2.05) is 25.1 Å². The summed E-state index contributed by atoms with van der Waals surface area (Å²) in [4.78, 5) is 15.5. The first-order valence-electron chi connectivity index (χ1n) is 11.2. The summed E-state index contributed by atoms with van der Waals surface area (Å²) in [6, 6.07) is 14.3. The van der Waals surface area contributed by atoms with Crippen LogP contribution in [0.3, 0.4) is 0 Å². The predicted molar refractivity (Wildman–Crippen MR) is 119 cm³/mol. The number of rotatable bonds is 4. The average molecular weight is 438 g/mol. The molecule has 2 aromatic rings. The van der Waals surface area contributed by atoms with E-state index in [1.54, 1.807) is 18.2 Å². The number of aryl methyl sites for hydroxylation is 1. The van der Waals surface area contributed by atoms with Crippen molar-refractivity contribution in [3.05, 3.63) is 71.0 Å². The zero-order valence-electron chi connectivity index (χ0n) is 18.3. The van der Waals surface area contributed by atoms with E-state index in [9.17, 15) is 9.18 Å². The van der Waals surface area contributed by atoms with Crippen LogP contribution in [0.15, 0.2) is 53.6 Å². The summed E-state index contributed by atoms with van der Waals surface area (Å²) in [7, 11) is 0. The van der Waals surface area contributed by atoms with E-state index < -0.39 is 11.8 Å². The first kappa shape index (κ1) is 21.2. The normalized spacial score (nSPS) is 23.0. The maximum absolute atomic E-state index is 14.7. The molecule has 2 saturated heterocycles. The fourth-order valence-corrected chi connectivity index (χ4v) is 4.83. The van der Waals surface area contributed by atoms with Gasteiger partial charge in [-0.05, 0) is 18.6 Å². The van der Waals surface area contributed by atoms with Crippen LogP contribution in [-0.2, 0) is 14.3 Å². The van der Waals surface area contributed by atoms with Crippen molar-refractivity contribution < 1.29 is 18.7 Å². The second-order valence-electron chi connectivity index (χ2n) is 8.78. The second kappa shape index (κ2) is 8.73. The number of halogens is 1. The quantitative estimate of drug-likeness (QED) is 0.733. The summed E-state index contributed by atoms with van der Waals surface area (Å²) in [6.07, 6.45) is 1.98. The number of carbonyl (C=O) groups excluding carboxylic acids is 1. The van der Waals surface area contributed by atoms with Gasteiger partial charge in [0.15, 0.2) is 5.79 Å². The topological polar surface area (TPSA) is 54.4 Å². The Bertz CT molecular complexity index is 1020. The Labute approximate surface area is 187 Å². The summed E-state index contributed by atoms with van der Waals surface area (Å²) >= 11 is 0. The zero-order valence-corrected chi connectivity index (χ0v) is 18.3. The Morgan fingerprint density at radius 3 is 2.59 bits per heavy atom. The molecular weight excluding hydrogens is 409 g/mol. The molecule has 6 nitrogen and oxygen atoms in total. The highest BCUT2D eigenvalue weighted by molar-refractivity contribution is 6.03. The molecule has 0 radical (unpaired) electrons. The summed E-state index contributed by atoms with van der Waals surface area (Å²) in [5, 5.41) is 6.18. The van der Waals surface area contributed by atoms with Gasteiger partial charge >= 0.3 is 0 Å². The Morgan fingerprint density at radius 2 is 1.88 bits per heavy atom. The summed E-state index contributed by atoms with van der Waals surface area (Å²) in [6.45, 7) is 4.97. The molecule has 1 atom stereocenters. The molecular formula is C25H28FN3O3. The fourth-order valence-electron chi connectivity index (χ4n) is 4.83. The SMILES string of the molecule is Cc1cccc(C2=NN(C(=O)CN3CCC4(CC3)OCCO4)C(c3ccccc3F)C2)c1. The third-order valence-corrected chi connectivity index (χ3v) is 6.57. The van der Waals surface area contributed by atoms with E-state index in [1.165, 1.54) is 11.1 Å². The largest absolute Gasteiger partial charge is 0.347 e. The molecule has 168 valence electrons. The molecule has 3 aliphatic heterocycles. The van der Waals surface area contributed by atoms with Crippen LogP contribution in [0.2, 0.25) is 0 Å². The van der Waals surface area contributed by atoms with Crippen molar-refractivity contribution in [3.63, 3.8) is 0 Å². The smallest absolute Gasteiger partial charge is 0.257 e. The van der Waals surface area contributed by atoms with Gasteiger partial charge in [-0.1, -0.05) is 48.0 Å². The van der Waals surface area contributed by atoms with Gasteiger partial charge in [0.1, 0.15) is 5.82 Å². The van der Waals surface area contributed by atoms with Crippen LogP contribution in [-0.4, -0.2) is 60.2 Å². The molecule has 3 aliphatic rings. The molecule has 1 spiro atoms. The number of likely N-dealkylation sites (tertiary alicyclic amines) is 1. The number of hydrazone groups is 1. The summed E-state index contributed by atoms with van der Waals surface area (Å²) in [5.74, 6) is -0.907. The average Bonchev–Trinajstić information content (AvgIpc) is 3.44. The number of hydrogen-bond acceptors (Lipinski definition) is 5. The van der Waals surface area contributed by atoms with Crippen molar-refractivity contribution in [3.8, 4) is 0 Å². The van der Waals surface area contributed by atoms with E-state index in [-0.39, 0.29) is 18.3 Å². The van der Waals surface area contributed by atoms with E-state index in [0.29, 0.717) is 25.2 Å². The summed E-state index contributed by atoms with van der Waals surface area (Å²) < 4.78 is 26.2. The molecule has 2 aromatic carbocycles. The van der Waals surface area contributed by atoms with Gasteiger partial charge in [0.05, 0.1) is 31.5 Å². The van der Waals surface area contributed by atoms with Crippen LogP contribution in [0.25, 0.3) is 0 Å². The number of ether oxygens (including phenoxy) is 2. The van der Waals surface area contributed by atoms with E-state index in [2.05, 4.69) is 11.0 Å². The van der Waals surface area contributed by atoms with Crippen molar-refractivity contribution in [2.24, 2.45) is 5.10 Å². The van der Waals surface area contributed by atoms with Crippen LogP contribution in [0.1, 0.15) is 42.0 Å². The minimum absolute atomic E-state index is 0.120. The Morgan fingerprint density at radius 1 is 1.12 bits per heavy atom. The predicted octanol–water partition coefficient (Wildman–Crippen LogP) is 3.65. The number of carbonyl (C=O) groups is 1. The molecule has 0 aromatic heterocycles. The second-order valence-corrected chi connectivity index (χ2v) is 8.78. The first-order chi connectivity index (χ1) is 15.5. The number of hydrogen-bond donors (Lipinski definition) is 0. The lowest BCUT2D eigenvalue weighted by Gasteiger charge is -2.37. The highest BCUT2D eigenvalue weighted by atomic mass is 19.1. The molecule has 7 heteroatoms. The number of amides is 1. The van der Waals surface area contributed by atoms with Gasteiger partial charge in [-0.3, -0.25) is 9.69 Å². The van der Waals surface area contributed by atoms with Gasteiger partial charge in [0.2, 0.25) is 0 Å². The lowest BCUT2D eigenvalue weighted by Crippen LogP contribution is -2.48. The van der Waals surface area contributed by atoms with Crippen molar-refractivity contribution in [2.75, 3.05) is 32.8 Å². The molecule has 5 rings (SSSR count). The summed E-state index contributed by atoms with van der Waals surface area (Å²) in [5.41, 5.74) is 3.39. The van der Waals surface area contributed by atoms with Crippen LogP contribution in [0, 0.1) is 12.7 Å². The van der Waals surface area contributed by atoms with Crippen LogP contribution >= 0.6 is 0 Å². The van der Waals surface area contributed by atoms with Crippen LogP contribution in [0.4, 0.5) is 4.39 Å². The highest BCUT2D eigenvalue weighted by Crippen LogP contribution is 2.35. The zero-order chi connectivity index (χ0) is 22.1. The van der Waals surface area contributed by atoms with Crippen molar-refractivity contribution >= 4 is 11.6 Å². The fraction of sp³-hybridized carbons (Fsp3) is 0.440. The van der Waals surface area contributed by atoms with Crippen molar-refractivity contribution in [2.45, 2.75) is 38.0 Å². The molecule has 3 heterocycles. The van der Waals surface area contributed by atoms with Crippen LogP contribution < -0.4 is 0 Å². The maximum Gasteiger partial charge on any atom is 0.257 e. The lowest BCUT2D eigenvalue weighted by molar-refractivity contribution is -0.186. The van der Waals surface area contributed by atoms with Gasteiger partial charge in [-0.2, -0.15) is 5.10 Å². The Hall–Kier alpha value is -2.61. The molecule has 0 aliphatic carbocycles. The molecule has 32 heavy (non-hydrogen) atoms. The van der Waals surface area contributed by atoms with Gasteiger partial charge in [0, 0.05) is 37.9 Å². The van der Waals surface area contributed by atoms with E-state index >= 15 is 0 Å². The Balaban J connectivity index is 1.35. The minimum atomic E-state index is -0.473. The van der Waals surface area contributed by atoms with Gasteiger partial charge in [-0.25, -0.2) is 9.40 Å². The van der Waals surface area contributed by atoms with Gasteiger partial charge < -0.3 is 9.47 Å².